The Bertz CT molecular complexity index is 1750. The molecule has 47 heavy (non-hydrogen) atoms. The molecule has 6 rings (SSSR count). The monoisotopic (exact) mass is 652 g/mol. The van der Waals surface area contributed by atoms with Crippen molar-refractivity contribution in [3.8, 4) is 5.88 Å². The van der Waals surface area contributed by atoms with E-state index < -0.39 is 23.8 Å². The number of nitrogens with zero attached hydrogens (tertiary/aromatic N) is 4. The molecule has 1 spiro atoms. The summed E-state index contributed by atoms with van der Waals surface area (Å²) in [7, 11) is 1.77. The molecule has 1 unspecified atom stereocenters. The number of urea groups is 1. The Labute approximate surface area is 266 Å². The van der Waals surface area contributed by atoms with Gasteiger partial charge in [0.25, 0.3) is 0 Å². The quantitative estimate of drug-likeness (QED) is 0.310. The Balaban J connectivity index is 1.04. The number of nitrogens with two attached hydrogens (primary N) is 1. The molecule has 1 aromatic carbocycles. The fourth-order valence-corrected chi connectivity index (χ4v) is 7.01. The van der Waals surface area contributed by atoms with Crippen molar-refractivity contribution in [2.24, 2.45) is 11.1 Å². The molecule has 0 bridgehead atoms. The standard InChI is InChI=1S/C31H31F3N8O5/c1-40-26(15-45)42(24-6-5-19(13-43)37-23(24)14-44)25-4-2-3-21(27(25)40)38-20-10-30(11-20)16-41(17-30)7-8-47-28-22(39-29(35)46)9-18(12-36-28)31(32,33)34/h2-4,9,12,20,24,37-38H,5-8,10-11,16-17H2,1H3,(H3,35,39,46). The van der Waals surface area contributed by atoms with Crippen molar-refractivity contribution < 1.29 is 37.1 Å². The van der Waals surface area contributed by atoms with Crippen LogP contribution in [-0.4, -0.2) is 79.1 Å². The summed E-state index contributed by atoms with van der Waals surface area (Å²) >= 11 is 0. The lowest BCUT2D eigenvalue weighted by Crippen LogP contribution is -2.65. The first kappa shape index (κ1) is 31.7. The summed E-state index contributed by atoms with van der Waals surface area (Å²) in [5, 5.41) is 8.54. The second kappa shape index (κ2) is 12.2. The summed E-state index contributed by atoms with van der Waals surface area (Å²) in [5.74, 6) is 5.79. The van der Waals surface area contributed by atoms with Crippen molar-refractivity contribution >= 4 is 46.6 Å². The number of piperidine rings is 1. The highest BCUT2D eigenvalue weighted by atomic mass is 19.4. The van der Waals surface area contributed by atoms with Gasteiger partial charge in [-0.1, -0.05) is 6.07 Å². The van der Waals surface area contributed by atoms with E-state index in [0.717, 1.165) is 49.1 Å². The van der Waals surface area contributed by atoms with Crippen LogP contribution in [0.25, 0.3) is 0 Å². The number of alkyl halides is 3. The van der Waals surface area contributed by atoms with E-state index in [2.05, 4.69) is 25.8 Å². The molecule has 2 aromatic rings. The number of primary amides is 1. The molecule has 3 fully saturated rings. The number of amides is 2. The van der Waals surface area contributed by atoms with Gasteiger partial charge in [-0.2, -0.15) is 13.2 Å². The van der Waals surface area contributed by atoms with Gasteiger partial charge in [-0.05, 0) is 42.9 Å². The summed E-state index contributed by atoms with van der Waals surface area (Å²) in [6.45, 7) is 2.32. The lowest BCUT2D eigenvalue weighted by Gasteiger charge is -2.59. The normalized spacial score (nSPS) is 20.3. The molecule has 1 aliphatic carbocycles. The first-order chi connectivity index (χ1) is 22.4. The highest BCUT2D eigenvalue weighted by Crippen LogP contribution is 2.52. The van der Waals surface area contributed by atoms with Gasteiger partial charge in [-0.25, -0.2) is 24.2 Å². The van der Waals surface area contributed by atoms with Gasteiger partial charge in [0.1, 0.15) is 35.6 Å². The Morgan fingerprint density at radius 2 is 1.94 bits per heavy atom. The van der Waals surface area contributed by atoms with Gasteiger partial charge in [0.2, 0.25) is 11.7 Å². The van der Waals surface area contributed by atoms with Crippen LogP contribution in [0.3, 0.4) is 0 Å². The third kappa shape index (κ3) is 6.02. The van der Waals surface area contributed by atoms with Crippen molar-refractivity contribution in [2.75, 3.05) is 53.7 Å². The van der Waals surface area contributed by atoms with Crippen LogP contribution >= 0.6 is 0 Å². The number of pyridine rings is 1. The number of para-hydroxylation sites is 1. The van der Waals surface area contributed by atoms with E-state index in [0.29, 0.717) is 25.6 Å². The number of halogens is 3. The van der Waals surface area contributed by atoms with E-state index in [1.54, 1.807) is 22.8 Å². The Morgan fingerprint density at radius 3 is 2.60 bits per heavy atom. The van der Waals surface area contributed by atoms with Crippen LogP contribution < -0.4 is 36.2 Å². The van der Waals surface area contributed by atoms with E-state index in [9.17, 15) is 32.3 Å². The number of likely N-dealkylation sites (tertiary alicyclic amines) is 1. The number of ether oxygens (including phenoxy) is 1. The second-order valence-corrected chi connectivity index (χ2v) is 12.2. The van der Waals surface area contributed by atoms with Crippen molar-refractivity contribution in [2.45, 2.75) is 43.9 Å². The number of rotatable bonds is 8. The Morgan fingerprint density at radius 1 is 1.17 bits per heavy atom. The lowest BCUT2D eigenvalue weighted by atomic mass is 9.60. The highest BCUT2D eigenvalue weighted by molar-refractivity contribution is 5.95. The van der Waals surface area contributed by atoms with E-state index in [-0.39, 0.29) is 46.8 Å². The lowest BCUT2D eigenvalue weighted by molar-refractivity contribution is -0.137. The number of hydrogen-bond donors (Lipinski definition) is 4. The van der Waals surface area contributed by atoms with E-state index in [1.165, 1.54) is 0 Å². The van der Waals surface area contributed by atoms with Gasteiger partial charge in [-0.15, -0.1) is 0 Å². The van der Waals surface area contributed by atoms with Crippen LogP contribution in [-0.2, 0) is 20.6 Å². The van der Waals surface area contributed by atoms with Crippen LogP contribution in [0.15, 0.2) is 47.7 Å². The van der Waals surface area contributed by atoms with Gasteiger partial charge in [0.15, 0.2) is 5.94 Å². The zero-order valence-electron chi connectivity index (χ0n) is 25.2. The summed E-state index contributed by atoms with van der Waals surface area (Å²) in [6, 6.07) is 5.05. The SMILES string of the molecule is CN1C(=C=O)N(C2CCC(=C=O)NC2=C=O)c2cccc(NC3CC4(C3)CN(CCOc3ncc(C(F)(F)F)cc3NC(N)=O)C4)c21. The second-order valence-electron chi connectivity index (χ2n) is 12.2. The molecular formula is C31H31F3N8O5. The van der Waals surface area contributed by atoms with Gasteiger partial charge in [-0.3, -0.25) is 4.90 Å². The molecular weight excluding hydrogens is 621 g/mol. The first-order valence-corrected chi connectivity index (χ1v) is 14.9. The van der Waals surface area contributed by atoms with Crippen LogP contribution in [0, 0.1) is 5.41 Å². The predicted molar refractivity (Wildman–Crippen MR) is 165 cm³/mol. The average molecular weight is 653 g/mol. The fourth-order valence-electron chi connectivity index (χ4n) is 7.01. The molecule has 1 atom stereocenters. The molecule has 2 amide bonds. The van der Waals surface area contributed by atoms with E-state index >= 15 is 0 Å². The maximum absolute atomic E-state index is 13.1. The zero-order chi connectivity index (χ0) is 33.5. The smallest absolute Gasteiger partial charge is 0.417 e. The molecule has 13 nitrogen and oxygen atoms in total. The third-order valence-electron chi connectivity index (χ3n) is 9.00. The molecule has 16 heteroatoms. The van der Waals surface area contributed by atoms with Gasteiger partial charge < -0.3 is 36.2 Å². The van der Waals surface area contributed by atoms with Crippen molar-refractivity contribution in [3.05, 3.63) is 53.2 Å². The third-order valence-corrected chi connectivity index (χ3v) is 9.00. The Kier molecular flexibility index (Phi) is 8.20. The molecule has 5 N–H and O–H groups in total. The first-order valence-electron chi connectivity index (χ1n) is 14.9. The Hall–Kier alpha value is -5.26. The maximum Gasteiger partial charge on any atom is 0.417 e. The molecule has 1 aromatic heterocycles. The van der Waals surface area contributed by atoms with Crippen LogP contribution in [0.2, 0.25) is 0 Å². The van der Waals surface area contributed by atoms with Crippen LogP contribution in [0.1, 0.15) is 31.2 Å². The number of anilines is 4. The van der Waals surface area contributed by atoms with Crippen LogP contribution in [0.4, 0.5) is 40.7 Å². The summed E-state index contributed by atoms with van der Waals surface area (Å²) < 4.78 is 44.8. The highest BCUT2D eigenvalue weighted by Gasteiger charge is 2.52. The number of fused-ring (bicyclic) bond motifs is 1. The topological polar surface area (TPSA) is 162 Å². The molecule has 3 aliphatic heterocycles. The molecule has 0 radical (unpaired) electrons. The maximum atomic E-state index is 13.1. The van der Waals surface area contributed by atoms with Crippen molar-refractivity contribution in [1.82, 2.24) is 15.2 Å². The molecule has 2 saturated heterocycles. The molecule has 4 heterocycles. The number of nitrogens with one attached hydrogen (secondary N) is 3. The van der Waals surface area contributed by atoms with Gasteiger partial charge in [0, 0.05) is 45.3 Å². The molecule has 1 saturated carbocycles. The molecule has 246 valence electrons. The van der Waals surface area contributed by atoms with E-state index in [4.69, 9.17) is 10.5 Å². The van der Waals surface area contributed by atoms with Gasteiger partial charge >= 0.3 is 12.2 Å². The number of carbonyl (C=O) groups excluding carboxylic acids is 4. The summed E-state index contributed by atoms with van der Waals surface area (Å²) in [4.78, 5) is 55.7. The largest absolute Gasteiger partial charge is 0.475 e. The number of aromatic nitrogens is 1. The minimum atomic E-state index is -4.64. The van der Waals surface area contributed by atoms with Crippen molar-refractivity contribution in [3.63, 3.8) is 0 Å². The number of benzene rings is 1. The van der Waals surface area contributed by atoms with Crippen LogP contribution in [0.5, 0.6) is 5.88 Å². The average Bonchev–Trinajstić information content (AvgIpc) is 3.29. The predicted octanol–water partition coefficient (Wildman–Crippen LogP) is 2.66. The minimum Gasteiger partial charge on any atom is -0.475 e. The number of carbonyl (C=O) groups is 1. The minimum absolute atomic E-state index is 0.133. The number of allylic oxidation sites excluding steroid dienone is 1. The summed E-state index contributed by atoms with van der Waals surface area (Å²) in [6.07, 6.45) is -1.39. The molecule has 4 aliphatic rings. The van der Waals surface area contributed by atoms with Gasteiger partial charge in [0.05, 0.1) is 28.7 Å². The number of hydrogen-bond acceptors (Lipinski definition) is 11. The van der Waals surface area contributed by atoms with Crippen molar-refractivity contribution in [1.29, 1.82) is 0 Å². The zero-order valence-corrected chi connectivity index (χ0v) is 25.2. The fraction of sp³-hybridized carbons (Fsp3) is 0.419. The van der Waals surface area contributed by atoms with E-state index in [1.807, 2.05) is 30.1 Å². The summed E-state index contributed by atoms with van der Waals surface area (Å²) in [5.41, 5.74) is 6.71.